The maximum absolute atomic E-state index is 4.45. The van der Waals surface area contributed by atoms with Crippen molar-refractivity contribution in [2.24, 2.45) is 5.41 Å². The molecule has 3 aliphatic carbocycles. The Bertz CT molecular complexity index is 879. The van der Waals surface area contributed by atoms with E-state index in [0.717, 1.165) is 19.3 Å². The van der Waals surface area contributed by atoms with Crippen LogP contribution < -0.4 is 0 Å². The molecule has 0 unspecified atom stereocenters. The molecule has 0 amide bonds. The molecule has 0 heteroatoms. The van der Waals surface area contributed by atoms with Gasteiger partial charge in [-0.2, -0.15) is 0 Å². The summed E-state index contributed by atoms with van der Waals surface area (Å²) in [4.78, 5) is 0. The SMILES string of the molecule is C=C1CC(CC)(CC)Cc2ccc(C3=CC(C4=CC=C(C)C4)=CC3)cc21. The molecule has 1 aromatic carbocycles. The van der Waals surface area contributed by atoms with Gasteiger partial charge in [-0.15, -0.1) is 0 Å². The van der Waals surface area contributed by atoms with Crippen LogP contribution in [0.1, 0.15) is 69.6 Å². The van der Waals surface area contributed by atoms with E-state index in [0.29, 0.717) is 5.41 Å². The molecule has 0 N–H and O–H groups in total. The van der Waals surface area contributed by atoms with Gasteiger partial charge in [0.25, 0.3) is 0 Å². The lowest BCUT2D eigenvalue weighted by Crippen LogP contribution is -2.26. The highest BCUT2D eigenvalue weighted by Crippen LogP contribution is 2.46. The number of benzene rings is 1. The first-order chi connectivity index (χ1) is 12.5. The van der Waals surface area contributed by atoms with Crippen molar-refractivity contribution in [1.29, 1.82) is 0 Å². The average molecular weight is 343 g/mol. The summed E-state index contributed by atoms with van der Waals surface area (Å²) in [6.07, 6.45) is 16.3. The molecule has 0 aromatic heterocycles. The molecule has 26 heavy (non-hydrogen) atoms. The van der Waals surface area contributed by atoms with Gasteiger partial charge in [0.05, 0.1) is 0 Å². The van der Waals surface area contributed by atoms with E-state index in [2.05, 4.69) is 69.9 Å². The Morgan fingerprint density at radius 1 is 1.04 bits per heavy atom. The maximum atomic E-state index is 4.45. The van der Waals surface area contributed by atoms with Gasteiger partial charge in [0.15, 0.2) is 0 Å². The molecule has 1 aromatic rings. The summed E-state index contributed by atoms with van der Waals surface area (Å²) in [6, 6.07) is 7.11. The zero-order valence-corrected chi connectivity index (χ0v) is 16.5. The summed E-state index contributed by atoms with van der Waals surface area (Å²) in [6.45, 7) is 11.3. The fourth-order valence-corrected chi connectivity index (χ4v) is 4.83. The fraction of sp³-hybridized carbons (Fsp3) is 0.385. The number of hydrogen-bond acceptors (Lipinski definition) is 0. The smallest absolute Gasteiger partial charge is 0.00609 e. The summed E-state index contributed by atoms with van der Waals surface area (Å²) in [5, 5.41) is 0. The number of rotatable bonds is 4. The van der Waals surface area contributed by atoms with Crippen LogP contribution in [-0.2, 0) is 6.42 Å². The third-order valence-corrected chi connectivity index (χ3v) is 6.80. The highest BCUT2D eigenvalue weighted by Gasteiger charge is 2.33. The highest BCUT2D eigenvalue weighted by molar-refractivity contribution is 5.79. The molecule has 0 radical (unpaired) electrons. The minimum atomic E-state index is 0.423. The van der Waals surface area contributed by atoms with Gasteiger partial charge in [0.2, 0.25) is 0 Å². The van der Waals surface area contributed by atoms with E-state index in [4.69, 9.17) is 0 Å². The third-order valence-electron chi connectivity index (χ3n) is 6.80. The van der Waals surface area contributed by atoms with Crippen molar-refractivity contribution in [1.82, 2.24) is 0 Å². The Morgan fingerprint density at radius 2 is 1.85 bits per heavy atom. The molecule has 4 rings (SSSR count). The third kappa shape index (κ3) is 2.96. The van der Waals surface area contributed by atoms with Gasteiger partial charge in [-0.05, 0) is 95.9 Å². The molecular formula is C26H30. The Hall–Kier alpha value is -2.08. The van der Waals surface area contributed by atoms with Crippen LogP contribution >= 0.6 is 0 Å². The van der Waals surface area contributed by atoms with Crippen molar-refractivity contribution >= 4 is 11.1 Å². The lowest BCUT2D eigenvalue weighted by molar-refractivity contribution is 0.261. The first-order valence-corrected chi connectivity index (χ1v) is 10.1. The molecule has 0 nitrogen and oxygen atoms in total. The van der Waals surface area contributed by atoms with Gasteiger partial charge in [0, 0.05) is 0 Å². The number of allylic oxidation sites excluding steroid dienone is 9. The second-order valence-corrected chi connectivity index (χ2v) is 8.45. The second kappa shape index (κ2) is 6.58. The summed E-state index contributed by atoms with van der Waals surface area (Å²) < 4.78 is 0. The van der Waals surface area contributed by atoms with Crippen LogP contribution in [0.4, 0.5) is 0 Å². The molecule has 0 aliphatic heterocycles. The quantitative estimate of drug-likeness (QED) is 0.533. The topological polar surface area (TPSA) is 0 Å². The van der Waals surface area contributed by atoms with E-state index >= 15 is 0 Å². The summed E-state index contributed by atoms with van der Waals surface area (Å²) in [7, 11) is 0. The van der Waals surface area contributed by atoms with Crippen molar-refractivity contribution in [3.8, 4) is 0 Å². The zero-order valence-electron chi connectivity index (χ0n) is 16.5. The molecule has 134 valence electrons. The first kappa shape index (κ1) is 17.3. The molecule has 0 fully saturated rings. The van der Waals surface area contributed by atoms with Gasteiger partial charge in [-0.3, -0.25) is 0 Å². The second-order valence-electron chi connectivity index (χ2n) is 8.45. The van der Waals surface area contributed by atoms with Crippen LogP contribution in [0.3, 0.4) is 0 Å². The molecule has 0 heterocycles. The molecule has 0 spiro atoms. The first-order valence-electron chi connectivity index (χ1n) is 10.1. The highest BCUT2D eigenvalue weighted by atomic mass is 14.4. The van der Waals surface area contributed by atoms with Crippen LogP contribution in [0.15, 0.2) is 65.8 Å². The zero-order chi connectivity index (χ0) is 18.3. The van der Waals surface area contributed by atoms with E-state index < -0.39 is 0 Å². The van der Waals surface area contributed by atoms with Crippen molar-refractivity contribution in [3.63, 3.8) is 0 Å². The number of fused-ring (bicyclic) bond motifs is 1. The summed E-state index contributed by atoms with van der Waals surface area (Å²) in [5.41, 5.74) is 11.8. The van der Waals surface area contributed by atoms with E-state index in [1.54, 1.807) is 0 Å². The van der Waals surface area contributed by atoms with E-state index in [1.165, 1.54) is 63.8 Å². The van der Waals surface area contributed by atoms with Gasteiger partial charge in [0.1, 0.15) is 0 Å². The standard InChI is InChI=1S/C26H30/c1-5-26(6-2)16-19(4)25-15-23(11-12-24(25)17-26)22-10-9-21(14-22)20-8-7-18(3)13-20/h7-9,11-12,14-15H,4-6,10,13,16-17H2,1-3H3. The van der Waals surface area contributed by atoms with Crippen molar-refractivity contribution in [2.45, 2.75) is 59.3 Å². The predicted molar refractivity (Wildman–Crippen MR) is 114 cm³/mol. The number of hydrogen-bond donors (Lipinski definition) is 0. The molecule has 0 bridgehead atoms. The van der Waals surface area contributed by atoms with Crippen molar-refractivity contribution in [3.05, 3.63) is 82.5 Å². The van der Waals surface area contributed by atoms with Crippen LogP contribution in [0.25, 0.3) is 11.1 Å². The predicted octanol–water partition coefficient (Wildman–Crippen LogP) is 7.44. The van der Waals surface area contributed by atoms with E-state index in [1.807, 2.05) is 0 Å². The minimum Gasteiger partial charge on any atom is -0.0952 e. The summed E-state index contributed by atoms with van der Waals surface area (Å²) in [5.74, 6) is 0. The molecule has 0 saturated carbocycles. The van der Waals surface area contributed by atoms with Crippen molar-refractivity contribution < 1.29 is 0 Å². The molecular weight excluding hydrogens is 312 g/mol. The van der Waals surface area contributed by atoms with E-state index in [9.17, 15) is 0 Å². The van der Waals surface area contributed by atoms with Gasteiger partial charge in [-0.1, -0.05) is 62.4 Å². The van der Waals surface area contributed by atoms with Crippen molar-refractivity contribution in [2.75, 3.05) is 0 Å². The molecule has 0 saturated heterocycles. The maximum Gasteiger partial charge on any atom is -0.00609 e. The summed E-state index contributed by atoms with van der Waals surface area (Å²) >= 11 is 0. The largest absolute Gasteiger partial charge is 0.0952 e. The van der Waals surface area contributed by atoms with Crippen LogP contribution in [0.5, 0.6) is 0 Å². The lowest BCUT2D eigenvalue weighted by atomic mass is 9.66. The fourth-order valence-electron chi connectivity index (χ4n) is 4.83. The Balaban J connectivity index is 1.60. The normalized spacial score (nSPS) is 21.1. The average Bonchev–Trinajstić information content (AvgIpc) is 3.30. The van der Waals surface area contributed by atoms with Gasteiger partial charge in [-0.25, -0.2) is 0 Å². The van der Waals surface area contributed by atoms with Crippen LogP contribution in [0, 0.1) is 5.41 Å². The minimum absolute atomic E-state index is 0.423. The molecule has 0 atom stereocenters. The van der Waals surface area contributed by atoms with E-state index in [-0.39, 0.29) is 0 Å². The Morgan fingerprint density at radius 3 is 2.54 bits per heavy atom. The lowest BCUT2D eigenvalue weighted by Gasteiger charge is -2.38. The van der Waals surface area contributed by atoms with Crippen LogP contribution in [-0.4, -0.2) is 0 Å². The monoisotopic (exact) mass is 342 g/mol. The Kier molecular flexibility index (Phi) is 4.39. The van der Waals surface area contributed by atoms with Gasteiger partial charge >= 0.3 is 0 Å². The van der Waals surface area contributed by atoms with Gasteiger partial charge < -0.3 is 0 Å². The van der Waals surface area contributed by atoms with Crippen LogP contribution in [0.2, 0.25) is 0 Å². The molecule has 3 aliphatic rings. The Labute approximate surface area is 158 Å².